The molecule has 1 atom stereocenters. The molecule has 1 N–H and O–H groups in total. The van der Waals surface area contributed by atoms with E-state index in [9.17, 15) is 9.90 Å². The zero-order valence-corrected chi connectivity index (χ0v) is 16.0. The number of fused-ring (bicyclic) bond motifs is 1. The third kappa shape index (κ3) is 3.42. The summed E-state index contributed by atoms with van der Waals surface area (Å²) >= 11 is 1.44. The number of ether oxygens (including phenoxy) is 1. The molecule has 4 rings (SSSR count). The van der Waals surface area contributed by atoms with E-state index in [1.54, 1.807) is 16.3 Å². The molecule has 2 aromatic rings. The van der Waals surface area contributed by atoms with E-state index >= 15 is 0 Å². The smallest absolute Gasteiger partial charge is 0.281 e. The van der Waals surface area contributed by atoms with Gasteiger partial charge in [-0.2, -0.15) is 0 Å². The monoisotopic (exact) mass is 382 g/mol. The largest absolute Gasteiger partial charge is 0.505 e. The molecule has 0 aliphatic carbocycles. The lowest BCUT2D eigenvalue weighted by molar-refractivity contribution is -0.119. The highest BCUT2D eigenvalue weighted by Gasteiger charge is 2.36. The van der Waals surface area contributed by atoms with Gasteiger partial charge in [0.25, 0.3) is 5.91 Å². The maximum atomic E-state index is 13.6. The summed E-state index contributed by atoms with van der Waals surface area (Å²) in [5.74, 6) is -0.247. The summed E-state index contributed by atoms with van der Waals surface area (Å²) in [5.41, 5.74) is 1.73. The summed E-state index contributed by atoms with van der Waals surface area (Å²) in [6.07, 6.45) is 2.47. The average molecular weight is 382 g/mol. The lowest BCUT2D eigenvalue weighted by Crippen LogP contribution is -2.46. The Balaban J connectivity index is 1.77. The first-order valence-corrected chi connectivity index (χ1v) is 9.88. The van der Waals surface area contributed by atoms with Crippen molar-refractivity contribution in [1.29, 1.82) is 0 Å². The van der Waals surface area contributed by atoms with Crippen molar-refractivity contribution in [3.05, 3.63) is 65.9 Å². The number of carbonyl (C=O) groups excluding carboxylic acids is 1. The second-order valence-corrected chi connectivity index (χ2v) is 7.78. The number of rotatable bonds is 3. The highest BCUT2D eigenvalue weighted by molar-refractivity contribution is 7.97. The Morgan fingerprint density at radius 2 is 1.89 bits per heavy atom. The van der Waals surface area contributed by atoms with Crippen molar-refractivity contribution in [1.82, 2.24) is 4.31 Å². The van der Waals surface area contributed by atoms with Crippen LogP contribution in [0.2, 0.25) is 0 Å². The molecule has 0 bridgehead atoms. The van der Waals surface area contributed by atoms with Crippen LogP contribution in [-0.2, 0) is 9.53 Å². The predicted octanol–water partition coefficient (Wildman–Crippen LogP) is 4.43. The zero-order chi connectivity index (χ0) is 18.8. The quantitative estimate of drug-likeness (QED) is 0.796. The van der Waals surface area contributed by atoms with Crippen molar-refractivity contribution in [3.8, 4) is 0 Å². The van der Waals surface area contributed by atoms with E-state index in [2.05, 4.69) is 0 Å². The second-order valence-electron chi connectivity index (χ2n) is 6.61. The van der Waals surface area contributed by atoms with Gasteiger partial charge in [0.15, 0.2) is 11.5 Å². The Labute approximate surface area is 163 Å². The fourth-order valence-corrected chi connectivity index (χ4v) is 4.45. The van der Waals surface area contributed by atoms with Crippen molar-refractivity contribution in [2.45, 2.75) is 30.4 Å². The summed E-state index contributed by atoms with van der Waals surface area (Å²) in [6, 6.07) is 17.1. The van der Waals surface area contributed by atoms with Gasteiger partial charge in [-0.25, -0.2) is 0 Å². The maximum Gasteiger partial charge on any atom is 0.281 e. The Bertz CT molecular complexity index is 863. The number of para-hydroxylation sites is 1. The molecule has 1 amide bonds. The molecule has 1 saturated heterocycles. The van der Waals surface area contributed by atoms with Crippen LogP contribution in [0, 0.1) is 0 Å². The van der Waals surface area contributed by atoms with Crippen LogP contribution in [0.3, 0.4) is 0 Å². The molecule has 140 valence electrons. The van der Waals surface area contributed by atoms with Gasteiger partial charge in [-0.15, -0.1) is 0 Å². The minimum Gasteiger partial charge on any atom is -0.505 e. The SMILES string of the molecule is CN1Sc2ccccc2C(O)=C1C(=O)N(c1ccccc1)C1CCCCO1. The second kappa shape index (κ2) is 7.66. The fraction of sp³-hybridized carbons (Fsp3) is 0.286. The predicted molar refractivity (Wildman–Crippen MR) is 107 cm³/mol. The molecule has 0 saturated carbocycles. The zero-order valence-electron chi connectivity index (χ0n) is 15.2. The molecule has 0 spiro atoms. The van der Waals surface area contributed by atoms with Crippen molar-refractivity contribution >= 4 is 29.3 Å². The van der Waals surface area contributed by atoms with Crippen LogP contribution in [0.1, 0.15) is 24.8 Å². The van der Waals surface area contributed by atoms with Crippen LogP contribution >= 0.6 is 11.9 Å². The molecule has 2 aliphatic heterocycles. The number of carbonyl (C=O) groups is 1. The molecule has 0 aromatic heterocycles. The van der Waals surface area contributed by atoms with Crippen molar-refractivity contribution in [2.75, 3.05) is 18.6 Å². The molecule has 27 heavy (non-hydrogen) atoms. The van der Waals surface area contributed by atoms with Gasteiger partial charge in [0, 0.05) is 29.8 Å². The molecule has 0 radical (unpaired) electrons. The van der Waals surface area contributed by atoms with Crippen LogP contribution in [0.4, 0.5) is 5.69 Å². The summed E-state index contributed by atoms with van der Waals surface area (Å²) < 4.78 is 7.66. The number of aliphatic hydroxyl groups excluding tert-OH is 1. The highest BCUT2D eigenvalue weighted by Crippen LogP contribution is 2.40. The van der Waals surface area contributed by atoms with Crippen LogP contribution in [0.15, 0.2) is 65.2 Å². The topological polar surface area (TPSA) is 53.0 Å². The van der Waals surface area contributed by atoms with Crippen LogP contribution < -0.4 is 4.90 Å². The molecular weight excluding hydrogens is 360 g/mol. The first-order valence-electron chi connectivity index (χ1n) is 9.11. The van der Waals surface area contributed by atoms with Gasteiger partial charge in [0.1, 0.15) is 6.23 Å². The minimum absolute atomic E-state index is 0.00795. The molecule has 5 nitrogen and oxygen atoms in total. The van der Waals surface area contributed by atoms with E-state index in [1.807, 2.05) is 54.6 Å². The van der Waals surface area contributed by atoms with Crippen molar-refractivity contribution in [3.63, 3.8) is 0 Å². The first-order chi connectivity index (χ1) is 13.2. The van der Waals surface area contributed by atoms with Gasteiger partial charge >= 0.3 is 0 Å². The molecule has 2 heterocycles. The van der Waals surface area contributed by atoms with E-state index in [0.717, 1.165) is 29.8 Å². The number of aliphatic hydroxyl groups is 1. The number of hydrogen-bond acceptors (Lipinski definition) is 5. The van der Waals surface area contributed by atoms with E-state index < -0.39 is 0 Å². The van der Waals surface area contributed by atoms with Crippen LogP contribution in [0.5, 0.6) is 0 Å². The Morgan fingerprint density at radius 3 is 2.63 bits per heavy atom. The molecular formula is C21H22N2O3S. The number of hydrogen-bond donors (Lipinski definition) is 1. The maximum absolute atomic E-state index is 13.6. The minimum atomic E-state index is -0.329. The van der Waals surface area contributed by atoms with E-state index in [-0.39, 0.29) is 23.6 Å². The average Bonchev–Trinajstić information content (AvgIpc) is 2.70. The van der Waals surface area contributed by atoms with E-state index in [0.29, 0.717) is 12.2 Å². The van der Waals surface area contributed by atoms with Gasteiger partial charge in [-0.1, -0.05) is 30.3 Å². The fourth-order valence-electron chi connectivity index (χ4n) is 3.49. The lowest BCUT2D eigenvalue weighted by atomic mass is 10.1. The standard InChI is InChI=1S/C21H22N2O3S/c1-22-19(20(24)16-11-5-6-12-17(16)27-22)21(25)23(15-9-3-2-4-10-15)18-13-7-8-14-26-18/h2-6,9-12,18,24H,7-8,13-14H2,1H3. The normalized spacial score (nSPS) is 19.6. The van der Waals surface area contributed by atoms with Gasteiger partial charge in [-0.3, -0.25) is 9.69 Å². The summed E-state index contributed by atoms with van der Waals surface area (Å²) in [7, 11) is 1.80. The third-order valence-electron chi connectivity index (χ3n) is 4.82. The summed E-state index contributed by atoms with van der Waals surface area (Å²) in [5, 5.41) is 10.9. The van der Waals surface area contributed by atoms with Gasteiger partial charge in [-0.05, 0) is 55.5 Å². The first kappa shape index (κ1) is 17.9. The Morgan fingerprint density at radius 1 is 1.15 bits per heavy atom. The van der Waals surface area contributed by atoms with Gasteiger partial charge < -0.3 is 14.1 Å². The summed E-state index contributed by atoms with van der Waals surface area (Å²) in [4.78, 5) is 16.2. The molecule has 1 fully saturated rings. The van der Waals surface area contributed by atoms with E-state index in [1.165, 1.54) is 11.9 Å². The number of anilines is 1. The highest BCUT2D eigenvalue weighted by atomic mass is 32.2. The summed E-state index contributed by atoms with van der Waals surface area (Å²) in [6.45, 7) is 0.639. The molecule has 6 heteroatoms. The van der Waals surface area contributed by atoms with Crippen LogP contribution in [-0.4, -0.2) is 35.2 Å². The third-order valence-corrected chi connectivity index (χ3v) is 5.83. The van der Waals surface area contributed by atoms with Crippen molar-refractivity contribution < 1.29 is 14.6 Å². The van der Waals surface area contributed by atoms with Gasteiger partial charge in [0.05, 0.1) is 0 Å². The Kier molecular flexibility index (Phi) is 5.09. The molecule has 1 unspecified atom stereocenters. The lowest BCUT2D eigenvalue weighted by Gasteiger charge is -2.37. The number of benzene rings is 2. The van der Waals surface area contributed by atoms with Crippen molar-refractivity contribution in [2.24, 2.45) is 0 Å². The number of nitrogens with zero attached hydrogens (tertiary/aromatic N) is 2. The number of likely N-dealkylation sites (N-methyl/N-ethyl adjacent to an activating group) is 1. The number of amides is 1. The van der Waals surface area contributed by atoms with Crippen LogP contribution in [0.25, 0.3) is 5.76 Å². The molecule has 2 aromatic carbocycles. The Hall–Kier alpha value is -2.44. The van der Waals surface area contributed by atoms with Gasteiger partial charge in [0.2, 0.25) is 0 Å². The molecule has 2 aliphatic rings. The van der Waals surface area contributed by atoms with E-state index in [4.69, 9.17) is 4.74 Å².